The minimum atomic E-state index is -2.73. The number of hydrogen-bond donors (Lipinski definition) is 3. The molecule has 0 spiro atoms. The number of nitrogens with zero attached hydrogens (tertiary/aromatic N) is 6. The summed E-state index contributed by atoms with van der Waals surface area (Å²) in [5, 5.41) is 11.6. The Kier molecular flexibility index (Phi) is 13.7. The monoisotopic (exact) mass is 957 g/mol. The third-order valence-electron chi connectivity index (χ3n) is 12.9. The summed E-state index contributed by atoms with van der Waals surface area (Å²) >= 11 is 3.61. The lowest BCUT2D eigenvalue weighted by molar-refractivity contribution is -0.134. The van der Waals surface area contributed by atoms with E-state index in [0.29, 0.717) is 52.2 Å². The number of carbonyl (C=O) groups excluding carboxylic acids is 2. The lowest BCUT2D eigenvalue weighted by Crippen LogP contribution is -2.53. The fourth-order valence-electron chi connectivity index (χ4n) is 9.48. The molecule has 0 aliphatic carbocycles. The molecule has 0 unspecified atom stereocenters. The zero-order valence-corrected chi connectivity index (χ0v) is 39.4. The van der Waals surface area contributed by atoms with Crippen LogP contribution in [0.5, 0.6) is 5.75 Å². The maximum atomic E-state index is 15.1. The Morgan fingerprint density at radius 2 is 1.66 bits per heavy atom. The zero-order chi connectivity index (χ0) is 45.3. The number of aromatic nitrogens is 3. The van der Waals surface area contributed by atoms with E-state index >= 15 is 8.78 Å². The van der Waals surface area contributed by atoms with E-state index in [0.717, 1.165) is 91.7 Å². The van der Waals surface area contributed by atoms with Crippen LogP contribution in [0, 0.1) is 18.6 Å². The fourth-order valence-corrected chi connectivity index (χ4v) is 11.3. The molecular formula is C47H55BrF2N9O4P. The lowest BCUT2D eigenvalue weighted by Gasteiger charge is -2.43. The molecule has 0 radical (unpaired) electrons. The second-order valence-electron chi connectivity index (χ2n) is 17.3. The molecule has 0 saturated carbocycles. The topological polar surface area (TPSA) is 145 Å². The van der Waals surface area contributed by atoms with Crippen molar-refractivity contribution < 1.29 is 27.7 Å². The van der Waals surface area contributed by atoms with Crippen molar-refractivity contribution in [2.45, 2.75) is 64.3 Å². The molecule has 3 N–H and O–H groups in total. The Balaban J connectivity index is 0.873. The second kappa shape index (κ2) is 19.2. The minimum absolute atomic E-state index is 0.0645. The first-order chi connectivity index (χ1) is 30.7. The predicted octanol–water partition coefficient (Wildman–Crippen LogP) is 8.03. The SMILES string of the molecule is CCc1cc(Nc2ncc(Br)c(Nc3ccc4c(C)nccc4c3P(C)(C)=O)n2)c(OC)cc1N1CCC(N2CCN(CCc3cc(F)c([C@H]4CCC(=O)NC4=O)c(F)c3)CC2)CC1. The molecule has 13 nitrogen and oxygen atoms in total. The number of ether oxygens (including phenoxy) is 1. The van der Waals surface area contributed by atoms with Gasteiger partial charge in [-0.15, -0.1) is 0 Å². The number of hydrogen-bond acceptors (Lipinski definition) is 12. The van der Waals surface area contributed by atoms with E-state index < -0.39 is 36.5 Å². The van der Waals surface area contributed by atoms with Crippen LogP contribution in [0.4, 0.5) is 37.6 Å². The van der Waals surface area contributed by atoms with Gasteiger partial charge in [0, 0.05) is 104 Å². The summed E-state index contributed by atoms with van der Waals surface area (Å²) in [6.07, 6.45) is 6.99. The molecule has 64 heavy (non-hydrogen) atoms. The van der Waals surface area contributed by atoms with Gasteiger partial charge in [-0.25, -0.2) is 13.8 Å². The maximum absolute atomic E-state index is 15.1. The van der Waals surface area contributed by atoms with Crippen LogP contribution < -0.4 is 30.9 Å². The van der Waals surface area contributed by atoms with Crippen molar-refractivity contribution in [3.05, 3.63) is 93.3 Å². The molecule has 3 fully saturated rings. The van der Waals surface area contributed by atoms with E-state index in [4.69, 9.17) is 9.72 Å². The van der Waals surface area contributed by atoms with Gasteiger partial charge >= 0.3 is 0 Å². The minimum Gasteiger partial charge on any atom is -0.494 e. The number of fused-ring (bicyclic) bond motifs is 1. The summed E-state index contributed by atoms with van der Waals surface area (Å²) in [5.74, 6) is -1.94. The van der Waals surface area contributed by atoms with E-state index in [1.807, 2.05) is 25.1 Å². The van der Waals surface area contributed by atoms with Crippen molar-refractivity contribution >= 4 is 79.8 Å². The molecule has 3 saturated heterocycles. The number of carbonyl (C=O) groups is 2. The van der Waals surface area contributed by atoms with Crippen LogP contribution >= 0.6 is 23.1 Å². The van der Waals surface area contributed by atoms with Crippen molar-refractivity contribution in [3.63, 3.8) is 0 Å². The molecular weight excluding hydrogens is 903 g/mol. The van der Waals surface area contributed by atoms with Crippen LogP contribution in [0.3, 0.4) is 0 Å². The van der Waals surface area contributed by atoms with Crippen LogP contribution in [-0.4, -0.2) is 109 Å². The van der Waals surface area contributed by atoms with Crippen LogP contribution in [-0.2, 0) is 27.0 Å². The smallest absolute Gasteiger partial charge is 0.234 e. The van der Waals surface area contributed by atoms with Crippen molar-refractivity contribution in [2.24, 2.45) is 0 Å². The highest BCUT2D eigenvalue weighted by Gasteiger charge is 2.33. The van der Waals surface area contributed by atoms with Gasteiger partial charge in [0.15, 0.2) is 0 Å². The first-order valence-electron chi connectivity index (χ1n) is 21.9. The molecule has 338 valence electrons. The number of amides is 2. The second-order valence-corrected chi connectivity index (χ2v) is 21.3. The van der Waals surface area contributed by atoms with Crippen LogP contribution in [0.2, 0.25) is 0 Å². The Hall–Kier alpha value is -5.02. The average Bonchev–Trinajstić information content (AvgIpc) is 3.27. The predicted molar refractivity (Wildman–Crippen MR) is 253 cm³/mol. The van der Waals surface area contributed by atoms with Gasteiger partial charge in [0.2, 0.25) is 17.8 Å². The number of aryl methyl sites for hydroxylation is 2. The van der Waals surface area contributed by atoms with Crippen LogP contribution in [0.15, 0.2) is 59.3 Å². The van der Waals surface area contributed by atoms with E-state index in [1.165, 1.54) is 17.7 Å². The first kappa shape index (κ1) is 45.5. The van der Waals surface area contributed by atoms with Gasteiger partial charge in [-0.05, 0) is 115 Å². The number of benzene rings is 3. The number of pyridine rings is 1. The molecule has 5 aromatic rings. The van der Waals surface area contributed by atoms with Gasteiger partial charge in [0.25, 0.3) is 0 Å². The molecule has 5 heterocycles. The number of halogens is 3. The van der Waals surface area contributed by atoms with E-state index in [9.17, 15) is 14.2 Å². The normalized spacial score (nSPS) is 18.1. The largest absolute Gasteiger partial charge is 0.494 e. The average molecular weight is 959 g/mol. The molecule has 2 aromatic heterocycles. The maximum Gasteiger partial charge on any atom is 0.234 e. The van der Waals surface area contributed by atoms with Crippen LogP contribution in [0.1, 0.15) is 60.9 Å². The third-order valence-corrected chi connectivity index (χ3v) is 15.0. The first-order valence-corrected chi connectivity index (χ1v) is 25.3. The quantitative estimate of drug-likeness (QED) is 0.0777. The summed E-state index contributed by atoms with van der Waals surface area (Å²) in [5.41, 5.74) is 4.98. The third kappa shape index (κ3) is 9.80. The summed E-state index contributed by atoms with van der Waals surface area (Å²) in [7, 11) is -1.06. The molecule has 17 heteroatoms. The Labute approximate surface area is 381 Å². The zero-order valence-electron chi connectivity index (χ0n) is 36.9. The van der Waals surface area contributed by atoms with Crippen molar-refractivity contribution in [2.75, 3.05) is 81.8 Å². The molecule has 1 atom stereocenters. The van der Waals surface area contributed by atoms with Crippen molar-refractivity contribution in [1.29, 1.82) is 0 Å². The van der Waals surface area contributed by atoms with Crippen molar-refractivity contribution in [3.8, 4) is 5.75 Å². The van der Waals surface area contributed by atoms with Gasteiger partial charge in [-0.2, -0.15) is 4.98 Å². The summed E-state index contributed by atoms with van der Waals surface area (Å²) in [4.78, 5) is 45.0. The van der Waals surface area contributed by atoms with Gasteiger partial charge in [-0.3, -0.25) is 24.8 Å². The van der Waals surface area contributed by atoms with Gasteiger partial charge in [-0.1, -0.05) is 13.0 Å². The highest BCUT2D eigenvalue weighted by Crippen LogP contribution is 2.43. The van der Waals surface area contributed by atoms with Gasteiger partial charge in [0.1, 0.15) is 30.3 Å². The fraction of sp³-hybridized carbons (Fsp3) is 0.426. The Morgan fingerprint density at radius 1 is 0.922 bits per heavy atom. The number of piperidine rings is 2. The molecule has 2 amide bonds. The standard InChI is InChI=1S/C47H55BrF2N9O4P/c1-6-30-25-39(54-47-52-27-35(48)45(56-47)53-38-9-7-32-28(2)51-15-11-33(32)44(38)64(4,5)62)41(63-3)26-40(30)59-17-13-31(14-18-59)58-21-19-57(20-22-58)16-12-29-23-36(49)43(37(50)24-29)34-8-10-42(60)55-46(34)61/h7,9,11,15,23-27,31,34H,6,8,10,12-14,16-22H2,1-5H3,(H,55,60,61)(H2,52,53,54,56)/t34-/m1/s1. The highest BCUT2D eigenvalue weighted by atomic mass is 79.9. The van der Waals surface area contributed by atoms with Crippen molar-refractivity contribution in [1.82, 2.24) is 30.1 Å². The highest BCUT2D eigenvalue weighted by molar-refractivity contribution is 9.10. The van der Waals surface area contributed by atoms with Crippen LogP contribution in [0.25, 0.3) is 10.8 Å². The lowest BCUT2D eigenvalue weighted by atomic mass is 9.89. The molecule has 3 aromatic carbocycles. The van der Waals surface area contributed by atoms with E-state index in [1.54, 1.807) is 32.8 Å². The number of nitrogens with one attached hydrogen (secondary N) is 3. The Morgan fingerprint density at radius 3 is 2.33 bits per heavy atom. The Bertz CT molecular complexity index is 2610. The molecule has 3 aliphatic heterocycles. The number of anilines is 5. The van der Waals surface area contributed by atoms with Gasteiger partial charge in [0.05, 0.1) is 28.9 Å². The van der Waals surface area contributed by atoms with E-state index in [-0.39, 0.29) is 18.4 Å². The number of methoxy groups -OCH3 is 1. The number of piperazine rings is 1. The summed E-state index contributed by atoms with van der Waals surface area (Å²) in [6.45, 7) is 13.8. The number of rotatable bonds is 13. The summed E-state index contributed by atoms with van der Waals surface area (Å²) < 4.78 is 50.5. The van der Waals surface area contributed by atoms with E-state index in [2.05, 4.69) is 75.6 Å². The summed E-state index contributed by atoms with van der Waals surface area (Å²) in [6, 6.07) is 13.2. The molecule has 8 rings (SSSR count). The molecule has 3 aliphatic rings. The molecule has 0 bridgehead atoms. The van der Waals surface area contributed by atoms with Gasteiger partial charge < -0.3 is 29.7 Å². The number of imide groups is 1.